The van der Waals surface area contributed by atoms with Crippen LogP contribution in [0.4, 0.5) is 10.6 Å². The number of ether oxygens (including phenoxy) is 1. The van der Waals surface area contributed by atoms with Gasteiger partial charge in [0, 0.05) is 12.6 Å². The third kappa shape index (κ3) is 3.25. The van der Waals surface area contributed by atoms with Crippen molar-refractivity contribution in [3.63, 3.8) is 0 Å². The molecule has 2 aromatic heterocycles. The van der Waals surface area contributed by atoms with E-state index in [1.165, 1.54) is 0 Å². The third-order valence-corrected chi connectivity index (χ3v) is 4.03. The second kappa shape index (κ2) is 5.87. The van der Waals surface area contributed by atoms with Crippen molar-refractivity contribution < 1.29 is 14.1 Å². The number of carbonyl (C=O) groups excluding carboxylic acids is 1. The first-order valence-corrected chi connectivity index (χ1v) is 7.73. The van der Waals surface area contributed by atoms with Gasteiger partial charge in [-0.15, -0.1) is 0 Å². The summed E-state index contributed by atoms with van der Waals surface area (Å²) in [7, 11) is 0. The number of amides is 2. The van der Waals surface area contributed by atoms with Gasteiger partial charge in [-0.2, -0.15) is 11.3 Å². The van der Waals surface area contributed by atoms with Gasteiger partial charge in [0.2, 0.25) is 0 Å². The summed E-state index contributed by atoms with van der Waals surface area (Å²) in [6.07, 6.45) is -0.0850. The number of morpholine rings is 1. The summed E-state index contributed by atoms with van der Waals surface area (Å²) in [5.41, 5.74) is 1.11. The lowest BCUT2D eigenvalue weighted by molar-refractivity contribution is -0.0641. The van der Waals surface area contributed by atoms with Gasteiger partial charge in [-0.1, -0.05) is 5.16 Å². The van der Waals surface area contributed by atoms with Crippen molar-refractivity contribution in [2.24, 2.45) is 0 Å². The van der Waals surface area contributed by atoms with Crippen LogP contribution in [0.5, 0.6) is 0 Å². The van der Waals surface area contributed by atoms with Crippen LogP contribution in [0, 0.1) is 6.92 Å². The topological polar surface area (TPSA) is 67.6 Å². The van der Waals surface area contributed by atoms with Crippen molar-refractivity contribution in [1.82, 2.24) is 10.1 Å². The molecule has 0 unspecified atom stereocenters. The fourth-order valence-corrected chi connectivity index (χ4v) is 3.08. The van der Waals surface area contributed by atoms with Crippen LogP contribution < -0.4 is 5.32 Å². The van der Waals surface area contributed by atoms with E-state index in [4.69, 9.17) is 9.26 Å². The number of aromatic nitrogens is 1. The number of rotatable bonds is 2. The molecule has 0 aromatic carbocycles. The molecule has 2 atom stereocenters. The number of urea groups is 1. The van der Waals surface area contributed by atoms with Gasteiger partial charge >= 0.3 is 6.03 Å². The lowest BCUT2D eigenvalue weighted by Crippen LogP contribution is -2.47. The molecular formula is C14H17N3O3S. The Kier molecular flexibility index (Phi) is 3.94. The molecule has 1 fully saturated rings. The molecule has 6 nitrogen and oxygen atoms in total. The Balaban J connectivity index is 1.67. The van der Waals surface area contributed by atoms with Crippen molar-refractivity contribution in [2.45, 2.75) is 26.1 Å². The fourth-order valence-electron chi connectivity index (χ4n) is 2.37. The molecule has 1 aliphatic heterocycles. The van der Waals surface area contributed by atoms with Crippen LogP contribution in [0.3, 0.4) is 0 Å². The lowest BCUT2D eigenvalue weighted by atomic mass is 10.1. The number of carbonyl (C=O) groups is 1. The molecular weight excluding hydrogens is 290 g/mol. The summed E-state index contributed by atoms with van der Waals surface area (Å²) in [5.74, 6) is 1.10. The number of anilines is 1. The van der Waals surface area contributed by atoms with Crippen LogP contribution in [-0.4, -0.2) is 35.3 Å². The van der Waals surface area contributed by atoms with Gasteiger partial charge in [0.15, 0.2) is 5.82 Å². The van der Waals surface area contributed by atoms with Gasteiger partial charge in [-0.05, 0) is 36.2 Å². The molecule has 7 heteroatoms. The minimum Gasteiger partial charge on any atom is -0.367 e. The highest BCUT2D eigenvalue weighted by molar-refractivity contribution is 7.07. The van der Waals surface area contributed by atoms with E-state index in [0.29, 0.717) is 24.7 Å². The summed E-state index contributed by atoms with van der Waals surface area (Å²) < 4.78 is 10.9. The molecule has 21 heavy (non-hydrogen) atoms. The minimum absolute atomic E-state index is 0.00607. The standard InChI is InChI=1S/C14H17N3O3S/c1-9-5-13(16-20-9)15-14(18)17-6-10(2)19-12(7-17)11-3-4-21-8-11/h3-5,8,10,12H,6-7H2,1-2H3,(H,15,16,18)/t10-,12+/m0/s1. The molecule has 0 bridgehead atoms. The highest BCUT2D eigenvalue weighted by atomic mass is 32.1. The number of thiophene rings is 1. The Morgan fingerprint density at radius 1 is 1.52 bits per heavy atom. The molecule has 3 heterocycles. The molecule has 0 radical (unpaired) electrons. The average Bonchev–Trinajstić information content (AvgIpc) is 3.10. The van der Waals surface area contributed by atoms with E-state index in [-0.39, 0.29) is 18.2 Å². The lowest BCUT2D eigenvalue weighted by Gasteiger charge is -2.36. The monoisotopic (exact) mass is 307 g/mol. The molecule has 0 aliphatic carbocycles. The normalized spacial score (nSPS) is 22.3. The van der Waals surface area contributed by atoms with Crippen LogP contribution in [0.2, 0.25) is 0 Å². The largest absolute Gasteiger partial charge is 0.367 e. The molecule has 1 N–H and O–H groups in total. The summed E-state index contributed by atoms with van der Waals surface area (Å²) in [5, 5.41) is 10.6. The van der Waals surface area contributed by atoms with E-state index in [2.05, 4.69) is 15.9 Å². The van der Waals surface area contributed by atoms with Crippen LogP contribution >= 0.6 is 11.3 Å². The molecule has 112 valence electrons. The first-order valence-electron chi connectivity index (χ1n) is 6.78. The zero-order valence-corrected chi connectivity index (χ0v) is 12.7. The molecule has 1 aliphatic rings. The smallest absolute Gasteiger partial charge is 0.323 e. The number of aryl methyl sites for hydroxylation is 1. The van der Waals surface area contributed by atoms with E-state index in [1.54, 1.807) is 29.2 Å². The Morgan fingerprint density at radius 2 is 2.38 bits per heavy atom. The molecule has 3 rings (SSSR count). The van der Waals surface area contributed by atoms with Crippen LogP contribution in [-0.2, 0) is 4.74 Å². The maximum absolute atomic E-state index is 12.3. The summed E-state index contributed by atoms with van der Waals surface area (Å²) in [6, 6.07) is 3.54. The average molecular weight is 307 g/mol. The quantitative estimate of drug-likeness (QED) is 0.926. The van der Waals surface area contributed by atoms with E-state index >= 15 is 0 Å². The number of hydrogen-bond acceptors (Lipinski definition) is 5. The van der Waals surface area contributed by atoms with Crippen molar-refractivity contribution in [2.75, 3.05) is 18.4 Å². The SMILES string of the molecule is Cc1cc(NC(=O)N2C[C@H](C)O[C@@H](c3ccsc3)C2)no1. The Morgan fingerprint density at radius 3 is 3.05 bits per heavy atom. The summed E-state index contributed by atoms with van der Waals surface area (Å²) >= 11 is 1.63. The van der Waals surface area contributed by atoms with Crippen LogP contribution in [0.1, 0.15) is 24.4 Å². The zero-order valence-electron chi connectivity index (χ0n) is 11.9. The highest BCUT2D eigenvalue weighted by Gasteiger charge is 2.29. The Bertz CT molecular complexity index is 611. The minimum atomic E-state index is -0.182. The van der Waals surface area contributed by atoms with Crippen LogP contribution in [0.15, 0.2) is 27.4 Å². The van der Waals surface area contributed by atoms with Gasteiger partial charge in [0.25, 0.3) is 0 Å². The third-order valence-electron chi connectivity index (χ3n) is 3.33. The van der Waals surface area contributed by atoms with Gasteiger partial charge in [0.05, 0.1) is 12.6 Å². The van der Waals surface area contributed by atoms with Gasteiger partial charge in [-0.3, -0.25) is 5.32 Å². The zero-order chi connectivity index (χ0) is 14.8. The number of nitrogens with one attached hydrogen (secondary N) is 1. The van der Waals surface area contributed by atoms with Crippen molar-refractivity contribution in [3.8, 4) is 0 Å². The second-order valence-electron chi connectivity index (χ2n) is 5.15. The van der Waals surface area contributed by atoms with E-state index in [1.807, 2.05) is 18.4 Å². The number of hydrogen-bond donors (Lipinski definition) is 1. The molecule has 1 saturated heterocycles. The van der Waals surface area contributed by atoms with Crippen molar-refractivity contribution in [3.05, 3.63) is 34.2 Å². The van der Waals surface area contributed by atoms with Crippen LogP contribution in [0.25, 0.3) is 0 Å². The predicted octanol–water partition coefficient (Wildman–Crippen LogP) is 3.04. The highest BCUT2D eigenvalue weighted by Crippen LogP contribution is 2.27. The Labute approximate surface area is 126 Å². The first-order chi connectivity index (χ1) is 10.1. The van der Waals surface area contributed by atoms with Gasteiger partial charge < -0.3 is 14.2 Å². The van der Waals surface area contributed by atoms with Crippen molar-refractivity contribution >= 4 is 23.2 Å². The summed E-state index contributed by atoms with van der Waals surface area (Å²) in [6.45, 7) is 4.85. The van der Waals surface area contributed by atoms with Gasteiger partial charge in [0.1, 0.15) is 11.9 Å². The second-order valence-corrected chi connectivity index (χ2v) is 5.93. The predicted molar refractivity (Wildman–Crippen MR) is 79.4 cm³/mol. The molecule has 2 aromatic rings. The maximum atomic E-state index is 12.3. The molecule has 0 spiro atoms. The van der Waals surface area contributed by atoms with E-state index in [9.17, 15) is 4.79 Å². The summed E-state index contributed by atoms with van der Waals surface area (Å²) in [4.78, 5) is 14.1. The molecule has 0 saturated carbocycles. The van der Waals surface area contributed by atoms with E-state index in [0.717, 1.165) is 5.56 Å². The van der Waals surface area contributed by atoms with Crippen molar-refractivity contribution in [1.29, 1.82) is 0 Å². The Hall–Kier alpha value is -1.86. The fraction of sp³-hybridized carbons (Fsp3) is 0.429. The maximum Gasteiger partial charge on any atom is 0.323 e. The van der Waals surface area contributed by atoms with Gasteiger partial charge in [-0.25, -0.2) is 4.79 Å². The molecule has 2 amide bonds. The van der Waals surface area contributed by atoms with E-state index < -0.39 is 0 Å². The number of nitrogens with zero attached hydrogens (tertiary/aromatic N) is 2. The first kappa shape index (κ1) is 14.1.